The van der Waals surface area contributed by atoms with Crippen molar-refractivity contribution in [2.24, 2.45) is 0 Å². The summed E-state index contributed by atoms with van der Waals surface area (Å²) in [7, 11) is -3.52. The summed E-state index contributed by atoms with van der Waals surface area (Å²) in [5.74, 6) is 0. The third-order valence-electron chi connectivity index (χ3n) is 2.79. The summed E-state index contributed by atoms with van der Waals surface area (Å²) < 4.78 is 27.4. The first-order valence-electron chi connectivity index (χ1n) is 6.41. The molecule has 0 bridgehead atoms. The number of hydrogen-bond acceptors (Lipinski definition) is 4. The van der Waals surface area contributed by atoms with Gasteiger partial charge in [0, 0.05) is 22.0 Å². The van der Waals surface area contributed by atoms with E-state index >= 15 is 0 Å². The van der Waals surface area contributed by atoms with E-state index in [0.717, 1.165) is 16.3 Å². The Hall–Kier alpha value is -1.37. The van der Waals surface area contributed by atoms with Crippen LogP contribution >= 0.6 is 11.3 Å². The van der Waals surface area contributed by atoms with Gasteiger partial charge in [-0.25, -0.2) is 8.42 Å². The lowest BCUT2D eigenvalue weighted by Gasteiger charge is -2.07. The minimum absolute atomic E-state index is 0.360. The SMILES string of the molecule is CCNCc1cc(S(=O)(=O)Nc2ccccc2)c(C)s1. The summed E-state index contributed by atoms with van der Waals surface area (Å²) in [6, 6.07) is 10.7. The maximum absolute atomic E-state index is 12.4. The quantitative estimate of drug-likeness (QED) is 0.862. The zero-order valence-electron chi connectivity index (χ0n) is 11.5. The molecule has 1 aromatic carbocycles. The van der Waals surface area contributed by atoms with Gasteiger partial charge in [0.2, 0.25) is 0 Å². The second-order valence-electron chi connectivity index (χ2n) is 4.39. The van der Waals surface area contributed by atoms with Crippen molar-refractivity contribution in [2.75, 3.05) is 11.3 Å². The number of hydrogen-bond donors (Lipinski definition) is 2. The average Bonchev–Trinajstić information content (AvgIpc) is 2.79. The highest BCUT2D eigenvalue weighted by Crippen LogP contribution is 2.27. The van der Waals surface area contributed by atoms with E-state index in [4.69, 9.17) is 0 Å². The molecule has 0 spiro atoms. The molecule has 0 radical (unpaired) electrons. The predicted molar refractivity (Wildman–Crippen MR) is 83.7 cm³/mol. The lowest BCUT2D eigenvalue weighted by atomic mass is 10.3. The van der Waals surface area contributed by atoms with E-state index in [-0.39, 0.29) is 0 Å². The van der Waals surface area contributed by atoms with Crippen molar-refractivity contribution < 1.29 is 8.42 Å². The van der Waals surface area contributed by atoms with Crippen LogP contribution in [-0.4, -0.2) is 15.0 Å². The molecule has 1 aromatic heterocycles. The van der Waals surface area contributed by atoms with E-state index in [1.165, 1.54) is 11.3 Å². The van der Waals surface area contributed by atoms with Crippen LogP contribution in [0.15, 0.2) is 41.3 Å². The van der Waals surface area contributed by atoms with Crippen LogP contribution in [0.5, 0.6) is 0 Å². The van der Waals surface area contributed by atoms with Crippen LogP contribution in [0.3, 0.4) is 0 Å². The van der Waals surface area contributed by atoms with Crippen molar-refractivity contribution >= 4 is 27.0 Å². The van der Waals surface area contributed by atoms with Gasteiger partial charge in [-0.3, -0.25) is 4.72 Å². The second kappa shape index (κ2) is 6.39. The van der Waals surface area contributed by atoms with E-state index < -0.39 is 10.0 Å². The molecule has 2 N–H and O–H groups in total. The maximum Gasteiger partial charge on any atom is 0.263 e. The van der Waals surface area contributed by atoms with Crippen molar-refractivity contribution in [3.8, 4) is 0 Å². The first-order valence-corrected chi connectivity index (χ1v) is 8.71. The Balaban J connectivity index is 2.23. The average molecular weight is 310 g/mol. The fraction of sp³-hybridized carbons (Fsp3) is 0.286. The van der Waals surface area contributed by atoms with Gasteiger partial charge in [0.05, 0.1) is 0 Å². The minimum Gasteiger partial charge on any atom is -0.312 e. The number of anilines is 1. The predicted octanol–water partition coefficient (Wildman–Crippen LogP) is 2.97. The van der Waals surface area contributed by atoms with Gasteiger partial charge in [0.25, 0.3) is 10.0 Å². The molecule has 108 valence electrons. The summed E-state index contributed by atoms with van der Waals surface area (Å²) >= 11 is 1.51. The van der Waals surface area contributed by atoms with Crippen molar-refractivity contribution in [1.29, 1.82) is 0 Å². The molecule has 0 aliphatic carbocycles. The van der Waals surface area contributed by atoms with Crippen molar-refractivity contribution in [2.45, 2.75) is 25.3 Å². The standard InChI is InChI=1S/C14H18N2O2S2/c1-3-15-10-13-9-14(11(2)19-13)20(17,18)16-12-7-5-4-6-8-12/h4-9,15-16H,3,10H2,1-2H3. The molecular formula is C14H18N2O2S2. The van der Waals surface area contributed by atoms with E-state index in [2.05, 4.69) is 10.0 Å². The molecule has 0 saturated heterocycles. The molecule has 0 aliphatic heterocycles. The Morgan fingerprint density at radius 3 is 2.55 bits per heavy atom. The van der Waals surface area contributed by atoms with Gasteiger partial charge < -0.3 is 5.32 Å². The number of thiophene rings is 1. The summed E-state index contributed by atoms with van der Waals surface area (Å²) in [6.45, 7) is 5.42. The fourth-order valence-electron chi connectivity index (χ4n) is 1.84. The number of nitrogens with one attached hydrogen (secondary N) is 2. The van der Waals surface area contributed by atoms with Gasteiger partial charge in [0.15, 0.2) is 0 Å². The number of sulfonamides is 1. The molecule has 0 saturated carbocycles. The van der Waals surface area contributed by atoms with Gasteiger partial charge in [-0.05, 0) is 31.7 Å². The van der Waals surface area contributed by atoms with Crippen molar-refractivity contribution in [1.82, 2.24) is 5.32 Å². The number of rotatable bonds is 6. The lowest BCUT2D eigenvalue weighted by Crippen LogP contribution is -2.13. The lowest BCUT2D eigenvalue weighted by molar-refractivity contribution is 0.601. The largest absolute Gasteiger partial charge is 0.312 e. The third-order valence-corrected chi connectivity index (χ3v) is 5.48. The van der Waals surface area contributed by atoms with Crippen molar-refractivity contribution in [3.05, 3.63) is 46.2 Å². The Bertz CT molecular complexity index is 664. The minimum atomic E-state index is -3.52. The molecule has 20 heavy (non-hydrogen) atoms. The van der Waals surface area contributed by atoms with E-state index in [1.807, 2.05) is 19.9 Å². The smallest absolute Gasteiger partial charge is 0.263 e. The highest BCUT2D eigenvalue weighted by molar-refractivity contribution is 7.93. The van der Waals surface area contributed by atoms with Crippen LogP contribution in [-0.2, 0) is 16.6 Å². The van der Waals surface area contributed by atoms with Crippen LogP contribution in [0, 0.1) is 6.92 Å². The normalized spacial score (nSPS) is 11.5. The monoisotopic (exact) mass is 310 g/mol. The van der Waals surface area contributed by atoms with Crippen LogP contribution in [0.25, 0.3) is 0 Å². The molecule has 0 amide bonds. The molecule has 4 nitrogen and oxygen atoms in total. The Morgan fingerprint density at radius 2 is 1.90 bits per heavy atom. The zero-order chi connectivity index (χ0) is 14.6. The van der Waals surface area contributed by atoms with Crippen LogP contribution in [0.2, 0.25) is 0 Å². The van der Waals surface area contributed by atoms with Crippen LogP contribution < -0.4 is 10.0 Å². The van der Waals surface area contributed by atoms with E-state index in [1.54, 1.807) is 30.3 Å². The second-order valence-corrected chi connectivity index (χ2v) is 7.38. The highest BCUT2D eigenvalue weighted by Gasteiger charge is 2.19. The summed E-state index contributed by atoms with van der Waals surface area (Å²) in [6.07, 6.45) is 0. The van der Waals surface area contributed by atoms with Crippen LogP contribution in [0.4, 0.5) is 5.69 Å². The number of para-hydroxylation sites is 1. The number of aryl methyl sites for hydroxylation is 1. The summed E-state index contributed by atoms with van der Waals surface area (Å²) in [5, 5.41) is 3.20. The molecule has 6 heteroatoms. The Labute approximate surface area is 123 Å². The van der Waals surface area contributed by atoms with Crippen molar-refractivity contribution in [3.63, 3.8) is 0 Å². The molecule has 0 unspecified atom stereocenters. The molecule has 0 aliphatic rings. The number of benzene rings is 1. The molecule has 0 fully saturated rings. The Kier molecular flexibility index (Phi) is 4.80. The van der Waals surface area contributed by atoms with Gasteiger partial charge in [0.1, 0.15) is 4.90 Å². The van der Waals surface area contributed by atoms with E-state index in [0.29, 0.717) is 17.1 Å². The van der Waals surface area contributed by atoms with Gasteiger partial charge in [-0.2, -0.15) is 0 Å². The van der Waals surface area contributed by atoms with Gasteiger partial charge >= 0.3 is 0 Å². The Morgan fingerprint density at radius 1 is 1.20 bits per heavy atom. The van der Waals surface area contributed by atoms with E-state index in [9.17, 15) is 8.42 Å². The zero-order valence-corrected chi connectivity index (χ0v) is 13.1. The molecule has 2 rings (SSSR count). The van der Waals surface area contributed by atoms with Crippen LogP contribution in [0.1, 0.15) is 16.7 Å². The first-order chi connectivity index (χ1) is 9.53. The first kappa shape index (κ1) is 15.0. The fourth-order valence-corrected chi connectivity index (χ4v) is 4.51. The van der Waals surface area contributed by atoms with Gasteiger partial charge in [-0.1, -0.05) is 25.1 Å². The highest BCUT2D eigenvalue weighted by atomic mass is 32.2. The molecule has 2 aromatic rings. The molecular weight excluding hydrogens is 292 g/mol. The summed E-state index contributed by atoms with van der Waals surface area (Å²) in [4.78, 5) is 2.19. The summed E-state index contributed by atoms with van der Waals surface area (Å²) in [5.41, 5.74) is 0.575. The molecule has 0 atom stereocenters. The molecule has 1 heterocycles. The maximum atomic E-state index is 12.4. The topological polar surface area (TPSA) is 58.2 Å². The van der Waals surface area contributed by atoms with Gasteiger partial charge in [-0.15, -0.1) is 11.3 Å². The third kappa shape index (κ3) is 3.59.